The van der Waals surface area contributed by atoms with Crippen LogP contribution < -0.4 is 14.8 Å². The van der Waals surface area contributed by atoms with Crippen molar-refractivity contribution in [3.05, 3.63) is 83.6 Å². The number of anilines is 1. The molecule has 0 fully saturated rings. The molecular weight excluding hydrogens is 459 g/mol. The van der Waals surface area contributed by atoms with Crippen molar-refractivity contribution in [1.82, 2.24) is 10.3 Å². The zero-order valence-electron chi connectivity index (χ0n) is 17.4. The summed E-state index contributed by atoms with van der Waals surface area (Å²) in [5.74, 6) is -0.786. The first-order chi connectivity index (χ1) is 15.5. The van der Waals surface area contributed by atoms with Crippen LogP contribution in [0.25, 0.3) is 0 Å². The molecule has 3 rings (SSSR count). The highest BCUT2D eigenvalue weighted by atomic mass is 32.2. The van der Waals surface area contributed by atoms with E-state index in [0.717, 1.165) is 5.56 Å². The van der Waals surface area contributed by atoms with Crippen LogP contribution in [0.2, 0.25) is 0 Å². The highest BCUT2D eigenvalue weighted by Crippen LogP contribution is 2.19. The number of benzene rings is 2. The molecule has 0 spiro atoms. The van der Waals surface area contributed by atoms with Gasteiger partial charge >= 0.3 is 6.18 Å². The molecule has 0 saturated carbocycles. The number of aromatic nitrogens is 1. The Hall–Kier alpha value is -3.60. The van der Waals surface area contributed by atoms with Crippen molar-refractivity contribution in [1.29, 1.82) is 0 Å². The number of hydrogen-bond acceptors (Lipinski definition) is 5. The number of nitrogens with zero attached hydrogens (tertiary/aromatic N) is 1. The first-order valence-corrected chi connectivity index (χ1v) is 11.1. The Balaban J connectivity index is 1.65. The van der Waals surface area contributed by atoms with E-state index in [2.05, 4.69) is 19.8 Å². The number of aryl methyl sites for hydroxylation is 1. The van der Waals surface area contributed by atoms with Crippen LogP contribution in [-0.4, -0.2) is 32.1 Å². The average molecular weight is 479 g/mol. The van der Waals surface area contributed by atoms with Crippen molar-refractivity contribution in [3.63, 3.8) is 0 Å². The molecule has 0 unspecified atom stereocenters. The molecule has 33 heavy (non-hydrogen) atoms. The highest BCUT2D eigenvalue weighted by molar-refractivity contribution is 7.92. The lowest BCUT2D eigenvalue weighted by Gasteiger charge is -2.11. The van der Waals surface area contributed by atoms with E-state index in [-0.39, 0.29) is 22.9 Å². The number of ether oxygens (including phenoxy) is 1. The number of amides is 1. The Bertz CT molecular complexity index is 1230. The molecule has 0 saturated heterocycles. The summed E-state index contributed by atoms with van der Waals surface area (Å²) in [7, 11) is -3.92. The second-order valence-corrected chi connectivity index (χ2v) is 8.77. The van der Waals surface area contributed by atoms with Gasteiger partial charge in [0.25, 0.3) is 15.9 Å². The number of sulfonamides is 1. The van der Waals surface area contributed by atoms with Gasteiger partial charge in [-0.05, 0) is 48.9 Å². The quantitative estimate of drug-likeness (QED) is 0.508. The van der Waals surface area contributed by atoms with E-state index in [1.54, 1.807) is 24.3 Å². The predicted molar refractivity (Wildman–Crippen MR) is 115 cm³/mol. The second-order valence-electron chi connectivity index (χ2n) is 7.09. The van der Waals surface area contributed by atoms with Gasteiger partial charge in [-0.2, -0.15) is 13.2 Å². The molecule has 0 aliphatic rings. The average Bonchev–Trinajstić information content (AvgIpc) is 2.77. The number of pyridine rings is 1. The van der Waals surface area contributed by atoms with Crippen molar-refractivity contribution >= 4 is 21.6 Å². The van der Waals surface area contributed by atoms with Gasteiger partial charge in [0.15, 0.2) is 6.61 Å². The minimum Gasteiger partial charge on any atom is -0.468 e. The molecule has 0 radical (unpaired) electrons. The molecule has 7 nitrogen and oxygen atoms in total. The smallest absolute Gasteiger partial charge is 0.422 e. The maximum Gasteiger partial charge on any atom is 0.422 e. The summed E-state index contributed by atoms with van der Waals surface area (Å²) in [6.07, 6.45) is -3.23. The minimum absolute atomic E-state index is 0.0255. The summed E-state index contributed by atoms with van der Waals surface area (Å²) in [4.78, 5) is 16.1. The summed E-state index contributed by atoms with van der Waals surface area (Å²) in [5, 5.41) is 2.59. The van der Waals surface area contributed by atoms with Gasteiger partial charge < -0.3 is 10.1 Å². The molecule has 1 heterocycles. The number of rotatable bonds is 8. The molecule has 1 aromatic heterocycles. The van der Waals surface area contributed by atoms with Crippen LogP contribution >= 0.6 is 0 Å². The maximum atomic E-state index is 12.7. The van der Waals surface area contributed by atoms with E-state index in [0.29, 0.717) is 11.3 Å². The minimum atomic E-state index is -4.49. The third kappa shape index (κ3) is 7.21. The van der Waals surface area contributed by atoms with Crippen molar-refractivity contribution in [2.24, 2.45) is 0 Å². The molecule has 2 N–H and O–H groups in total. The van der Waals surface area contributed by atoms with Gasteiger partial charge in [-0.1, -0.05) is 23.8 Å². The van der Waals surface area contributed by atoms with Crippen LogP contribution in [0.4, 0.5) is 18.9 Å². The summed E-state index contributed by atoms with van der Waals surface area (Å²) in [5.41, 5.74) is 1.92. The topological polar surface area (TPSA) is 97.4 Å². The SMILES string of the molecule is Cc1ccc(NS(=O)(=O)c2cccc(C(=O)NCc3ccnc(OCC(F)(F)F)c3)c2)cc1. The number of carbonyl (C=O) groups excluding carboxylic acids is 1. The van der Waals surface area contributed by atoms with Gasteiger partial charge in [0.2, 0.25) is 5.88 Å². The molecule has 0 bridgehead atoms. The summed E-state index contributed by atoms with van der Waals surface area (Å²) >= 11 is 0. The van der Waals surface area contributed by atoms with E-state index in [9.17, 15) is 26.4 Å². The number of halogens is 3. The summed E-state index contributed by atoms with van der Waals surface area (Å²) in [6, 6.07) is 15.1. The maximum absolute atomic E-state index is 12.7. The Morgan fingerprint density at radius 2 is 1.79 bits per heavy atom. The molecule has 11 heteroatoms. The van der Waals surface area contributed by atoms with Gasteiger partial charge in [0.1, 0.15) is 0 Å². The lowest BCUT2D eigenvalue weighted by atomic mass is 10.2. The lowest BCUT2D eigenvalue weighted by Crippen LogP contribution is -2.23. The van der Waals surface area contributed by atoms with Gasteiger partial charge in [-0.15, -0.1) is 0 Å². The third-order valence-electron chi connectivity index (χ3n) is 4.35. The zero-order chi connectivity index (χ0) is 24.1. The first-order valence-electron chi connectivity index (χ1n) is 9.64. The summed E-state index contributed by atoms with van der Waals surface area (Å²) in [6.45, 7) is 0.374. The third-order valence-corrected chi connectivity index (χ3v) is 5.73. The number of carbonyl (C=O) groups is 1. The molecule has 0 aliphatic heterocycles. The van der Waals surface area contributed by atoms with Crippen LogP contribution in [-0.2, 0) is 16.6 Å². The normalized spacial score (nSPS) is 11.6. The Kier molecular flexibility index (Phi) is 7.22. The van der Waals surface area contributed by atoms with E-state index < -0.39 is 28.7 Å². The van der Waals surface area contributed by atoms with E-state index >= 15 is 0 Å². The Morgan fingerprint density at radius 3 is 2.48 bits per heavy atom. The second kappa shape index (κ2) is 9.90. The lowest BCUT2D eigenvalue weighted by molar-refractivity contribution is -0.154. The van der Waals surface area contributed by atoms with Gasteiger partial charge in [-0.3, -0.25) is 9.52 Å². The van der Waals surface area contributed by atoms with Crippen molar-refractivity contribution < 1.29 is 31.1 Å². The molecule has 2 aromatic carbocycles. The Morgan fingerprint density at radius 1 is 1.06 bits per heavy atom. The molecule has 0 atom stereocenters. The number of alkyl halides is 3. The van der Waals surface area contributed by atoms with E-state index in [1.165, 1.54) is 42.6 Å². The van der Waals surface area contributed by atoms with Gasteiger partial charge in [0.05, 0.1) is 4.90 Å². The number of hydrogen-bond donors (Lipinski definition) is 2. The molecule has 0 aliphatic carbocycles. The zero-order valence-corrected chi connectivity index (χ0v) is 18.2. The van der Waals surface area contributed by atoms with Crippen molar-refractivity contribution in [2.45, 2.75) is 24.5 Å². The molecule has 174 valence electrons. The van der Waals surface area contributed by atoms with Crippen LogP contribution in [0.5, 0.6) is 5.88 Å². The fraction of sp³-hybridized carbons (Fsp3) is 0.182. The first kappa shape index (κ1) is 24.1. The standard InChI is InChI=1S/C22H20F3N3O4S/c1-15-5-7-18(8-6-15)28-33(30,31)19-4-2-3-17(12-19)21(29)27-13-16-9-10-26-20(11-16)32-14-22(23,24)25/h2-12,28H,13-14H2,1H3,(H,27,29). The van der Waals surface area contributed by atoms with E-state index in [1.807, 2.05) is 6.92 Å². The molecule has 1 amide bonds. The molecule has 3 aromatic rings. The van der Waals surface area contributed by atoms with Gasteiger partial charge in [0, 0.05) is 30.1 Å². The van der Waals surface area contributed by atoms with Crippen LogP contribution in [0.1, 0.15) is 21.5 Å². The molecular formula is C22H20F3N3O4S. The monoisotopic (exact) mass is 479 g/mol. The number of nitrogens with one attached hydrogen (secondary N) is 2. The summed E-state index contributed by atoms with van der Waals surface area (Å²) < 4.78 is 69.2. The predicted octanol–water partition coefficient (Wildman–Crippen LogP) is 4.06. The van der Waals surface area contributed by atoms with Crippen LogP contribution in [0, 0.1) is 6.92 Å². The fourth-order valence-corrected chi connectivity index (χ4v) is 3.82. The Labute approximate surface area is 188 Å². The van der Waals surface area contributed by atoms with Crippen molar-refractivity contribution in [2.75, 3.05) is 11.3 Å². The largest absolute Gasteiger partial charge is 0.468 e. The fourth-order valence-electron chi connectivity index (χ4n) is 2.72. The van der Waals surface area contributed by atoms with Crippen LogP contribution in [0.15, 0.2) is 71.8 Å². The van der Waals surface area contributed by atoms with E-state index in [4.69, 9.17) is 0 Å². The van der Waals surface area contributed by atoms with Gasteiger partial charge in [-0.25, -0.2) is 13.4 Å². The highest BCUT2D eigenvalue weighted by Gasteiger charge is 2.28. The van der Waals surface area contributed by atoms with Crippen LogP contribution in [0.3, 0.4) is 0 Å². The van der Waals surface area contributed by atoms with Crippen molar-refractivity contribution in [3.8, 4) is 5.88 Å².